The van der Waals surface area contributed by atoms with Gasteiger partial charge >= 0.3 is 5.97 Å². The van der Waals surface area contributed by atoms with E-state index in [2.05, 4.69) is 0 Å². The normalized spacial score (nSPS) is 10.5. The summed E-state index contributed by atoms with van der Waals surface area (Å²) in [5.41, 5.74) is 1.78. The molecule has 2 aromatic heterocycles. The number of carboxylic acids is 1. The lowest BCUT2D eigenvalue weighted by Gasteiger charge is -2.04. The number of carbonyl (C=O) groups excluding carboxylic acids is 1. The Morgan fingerprint density at radius 1 is 1.44 bits per heavy atom. The summed E-state index contributed by atoms with van der Waals surface area (Å²) in [6.07, 6.45) is 2.37. The molecule has 2 rings (SSSR count). The third-order valence-corrected chi connectivity index (χ3v) is 3.48. The van der Waals surface area contributed by atoms with Gasteiger partial charge in [0.05, 0.1) is 0 Å². The molecule has 1 N–H and O–H groups in total. The number of carboxylic acid groups (broad SMARTS) is 1. The van der Waals surface area contributed by atoms with Crippen LogP contribution in [0, 0.1) is 0 Å². The summed E-state index contributed by atoms with van der Waals surface area (Å²) in [6.45, 7) is 2.00. The van der Waals surface area contributed by atoms with Crippen molar-refractivity contribution in [1.82, 2.24) is 4.57 Å². The molecule has 0 aliphatic carbocycles. The lowest BCUT2D eigenvalue weighted by atomic mass is 10.2. The minimum Gasteiger partial charge on any atom is -0.477 e. The third-order valence-electron chi connectivity index (χ3n) is 2.74. The average molecular weight is 263 g/mol. The number of carbonyl (C=O) groups is 2. The highest BCUT2D eigenvalue weighted by atomic mass is 32.1. The molecule has 0 aliphatic heterocycles. The van der Waals surface area contributed by atoms with Crippen molar-refractivity contribution in [3.8, 4) is 0 Å². The summed E-state index contributed by atoms with van der Waals surface area (Å²) in [5.74, 6) is -1.13. The van der Waals surface area contributed by atoms with Crippen molar-refractivity contribution in [2.24, 2.45) is 0 Å². The van der Waals surface area contributed by atoms with Gasteiger partial charge in [-0.2, -0.15) is 11.3 Å². The molecule has 0 aliphatic rings. The van der Waals surface area contributed by atoms with E-state index in [0.29, 0.717) is 12.1 Å². The van der Waals surface area contributed by atoms with Crippen LogP contribution < -0.4 is 0 Å². The Morgan fingerprint density at radius 2 is 2.22 bits per heavy atom. The highest BCUT2D eigenvalue weighted by Crippen LogP contribution is 2.13. The summed E-state index contributed by atoms with van der Waals surface area (Å²) in [7, 11) is 0. The number of aromatic carboxylic acids is 1. The van der Waals surface area contributed by atoms with Crippen molar-refractivity contribution >= 4 is 23.1 Å². The van der Waals surface area contributed by atoms with Gasteiger partial charge < -0.3 is 9.67 Å². The van der Waals surface area contributed by atoms with Crippen molar-refractivity contribution in [1.29, 1.82) is 0 Å². The maximum Gasteiger partial charge on any atom is 0.352 e. The molecule has 0 radical (unpaired) electrons. The van der Waals surface area contributed by atoms with E-state index >= 15 is 0 Å². The fourth-order valence-corrected chi connectivity index (χ4v) is 2.45. The lowest BCUT2D eigenvalue weighted by Crippen LogP contribution is -2.08. The molecule has 4 nitrogen and oxygen atoms in total. The molecule has 0 atom stereocenters. The van der Waals surface area contributed by atoms with Gasteiger partial charge in [-0.1, -0.05) is 0 Å². The number of aromatic nitrogens is 1. The molecule has 18 heavy (non-hydrogen) atoms. The molecule has 0 saturated carbocycles. The highest BCUT2D eigenvalue weighted by Gasteiger charge is 2.14. The van der Waals surface area contributed by atoms with Crippen molar-refractivity contribution in [2.75, 3.05) is 0 Å². The van der Waals surface area contributed by atoms with Crippen LogP contribution in [-0.4, -0.2) is 21.4 Å². The number of rotatable bonds is 5. The molecule has 0 bridgehead atoms. The Kier molecular flexibility index (Phi) is 3.62. The van der Waals surface area contributed by atoms with Crippen LogP contribution in [0.4, 0.5) is 0 Å². The summed E-state index contributed by atoms with van der Waals surface area (Å²) in [5, 5.41) is 13.1. The second-order valence-electron chi connectivity index (χ2n) is 4.05. The predicted molar refractivity (Wildman–Crippen MR) is 69.4 cm³/mol. The molecule has 0 amide bonds. The van der Waals surface area contributed by atoms with Gasteiger partial charge in [-0.15, -0.1) is 0 Å². The van der Waals surface area contributed by atoms with E-state index in [4.69, 9.17) is 5.11 Å². The summed E-state index contributed by atoms with van der Waals surface area (Å²) in [6, 6.07) is 3.44. The van der Waals surface area contributed by atoms with Crippen LogP contribution in [0.3, 0.4) is 0 Å². The number of ketones is 1. The van der Waals surface area contributed by atoms with Gasteiger partial charge in [-0.05, 0) is 41.8 Å². The quantitative estimate of drug-likeness (QED) is 0.844. The second kappa shape index (κ2) is 5.18. The summed E-state index contributed by atoms with van der Waals surface area (Å²) < 4.78 is 1.62. The Hall–Kier alpha value is -1.88. The van der Waals surface area contributed by atoms with E-state index < -0.39 is 5.97 Å². The van der Waals surface area contributed by atoms with Gasteiger partial charge in [0, 0.05) is 18.3 Å². The van der Waals surface area contributed by atoms with E-state index in [1.165, 1.54) is 18.6 Å². The number of aryl methyl sites for hydroxylation is 2. The predicted octanol–water partition coefficient (Wildman–Crippen LogP) is 2.69. The van der Waals surface area contributed by atoms with Gasteiger partial charge in [0.25, 0.3) is 0 Å². The first-order valence-electron chi connectivity index (χ1n) is 5.53. The number of nitrogens with zero attached hydrogens (tertiary/aromatic N) is 1. The molecule has 0 unspecified atom stereocenters. The zero-order valence-corrected chi connectivity index (χ0v) is 10.7. The minimum atomic E-state index is -1.01. The molecule has 0 spiro atoms. The monoisotopic (exact) mass is 263 g/mol. The van der Waals surface area contributed by atoms with E-state index in [0.717, 1.165) is 6.42 Å². The average Bonchev–Trinajstić information content (AvgIpc) is 2.95. The molecule has 5 heteroatoms. The molecule has 0 fully saturated rings. The van der Waals surface area contributed by atoms with Crippen molar-refractivity contribution < 1.29 is 14.7 Å². The van der Waals surface area contributed by atoms with Crippen LogP contribution >= 0.6 is 11.3 Å². The van der Waals surface area contributed by atoms with E-state index in [9.17, 15) is 9.59 Å². The Bertz CT molecular complexity index is 569. The van der Waals surface area contributed by atoms with Gasteiger partial charge in [-0.3, -0.25) is 4.79 Å². The van der Waals surface area contributed by atoms with Crippen molar-refractivity contribution in [3.63, 3.8) is 0 Å². The van der Waals surface area contributed by atoms with Gasteiger partial charge in [0.1, 0.15) is 5.69 Å². The van der Waals surface area contributed by atoms with Crippen LogP contribution in [-0.2, 0) is 13.0 Å². The van der Waals surface area contributed by atoms with Crippen LogP contribution in [0.25, 0.3) is 0 Å². The molecular formula is C13H13NO3S. The van der Waals surface area contributed by atoms with E-state index in [1.54, 1.807) is 22.1 Å². The summed E-state index contributed by atoms with van der Waals surface area (Å²) in [4.78, 5) is 22.4. The zero-order chi connectivity index (χ0) is 13.1. The van der Waals surface area contributed by atoms with Crippen LogP contribution in [0.5, 0.6) is 0 Å². The first-order chi connectivity index (χ1) is 8.58. The first kappa shape index (κ1) is 12.6. The second-order valence-corrected chi connectivity index (χ2v) is 4.83. The van der Waals surface area contributed by atoms with Crippen LogP contribution in [0.1, 0.15) is 33.3 Å². The molecular weight excluding hydrogens is 250 g/mol. The maximum absolute atomic E-state index is 11.3. The molecule has 2 aromatic rings. The maximum atomic E-state index is 11.3. The van der Waals surface area contributed by atoms with Crippen LogP contribution in [0.15, 0.2) is 29.1 Å². The Balaban J connectivity index is 2.20. The van der Waals surface area contributed by atoms with Crippen LogP contribution in [0.2, 0.25) is 0 Å². The minimum absolute atomic E-state index is 0.119. The number of hydrogen-bond acceptors (Lipinski definition) is 3. The Labute approximate surface area is 108 Å². The van der Waals surface area contributed by atoms with E-state index in [-0.39, 0.29) is 11.5 Å². The number of thiophene rings is 1. The van der Waals surface area contributed by atoms with Gasteiger partial charge in [-0.25, -0.2) is 4.79 Å². The number of hydrogen-bond donors (Lipinski definition) is 1. The largest absolute Gasteiger partial charge is 0.477 e. The molecule has 2 heterocycles. The summed E-state index contributed by atoms with van der Waals surface area (Å²) >= 11 is 1.62. The molecule has 0 saturated heterocycles. The van der Waals surface area contributed by atoms with Gasteiger partial charge in [0.15, 0.2) is 5.78 Å². The van der Waals surface area contributed by atoms with Crippen molar-refractivity contribution in [3.05, 3.63) is 45.9 Å². The van der Waals surface area contributed by atoms with Gasteiger partial charge in [0.2, 0.25) is 0 Å². The molecule has 94 valence electrons. The SMILES string of the molecule is CC(=O)c1cc(C(=O)O)n(CCc2ccsc2)c1. The standard InChI is InChI=1S/C13H13NO3S/c1-9(15)11-6-12(13(16)17)14(7-11)4-2-10-3-5-18-8-10/h3,5-8H,2,4H2,1H3,(H,16,17). The van der Waals surface area contributed by atoms with Crippen molar-refractivity contribution in [2.45, 2.75) is 19.9 Å². The smallest absolute Gasteiger partial charge is 0.352 e. The number of Topliss-reactive ketones (excluding diaryl/α,β-unsaturated/α-hetero) is 1. The fourth-order valence-electron chi connectivity index (χ4n) is 1.75. The molecule has 0 aromatic carbocycles. The topological polar surface area (TPSA) is 59.3 Å². The highest BCUT2D eigenvalue weighted by molar-refractivity contribution is 7.07. The lowest BCUT2D eigenvalue weighted by molar-refractivity contribution is 0.0685. The zero-order valence-electron chi connectivity index (χ0n) is 9.92. The van der Waals surface area contributed by atoms with E-state index in [1.807, 2.05) is 16.8 Å². The Morgan fingerprint density at radius 3 is 2.78 bits per heavy atom. The third kappa shape index (κ3) is 2.68. The fraction of sp³-hybridized carbons (Fsp3) is 0.231. The first-order valence-corrected chi connectivity index (χ1v) is 6.47.